The van der Waals surface area contributed by atoms with Crippen LogP contribution in [0.2, 0.25) is 0 Å². The molecule has 0 saturated heterocycles. The highest BCUT2D eigenvalue weighted by atomic mass is 31.1. The monoisotopic (exact) mass is 370 g/mol. The van der Waals surface area contributed by atoms with Crippen molar-refractivity contribution in [3.05, 3.63) is 101 Å². The van der Waals surface area contributed by atoms with Crippen LogP contribution in [0.25, 0.3) is 21.9 Å². The van der Waals surface area contributed by atoms with Gasteiger partial charge < -0.3 is 0 Å². The van der Waals surface area contributed by atoms with E-state index in [-0.39, 0.29) is 16.5 Å². The fraction of sp³-hybridized carbons (Fsp3) is 0.120. The minimum absolute atomic E-state index is 0.140. The molecule has 0 aromatic heterocycles. The predicted octanol–water partition coefficient (Wildman–Crippen LogP) is 6.64. The van der Waals surface area contributed by atoms with Gasteiger partial charge in [0.05, 0.1) is 19.2 Å². The molecule has 1 heterocycles. The van der Waals surface area contributed by atoms with Gasteiger partial charge in [0.2, 0.25) is 0 Å². The summed E-state index contributed by atoms with van der Waals surface area (Å²) in [4.78, 5) is 0. The van der Waals surface area contributed by atoms with Gasteiger partial charge in [-0.1, -0.05) is 92.5 Å². The van der Waals surface area contributed by atoms with Crippen molar-refractivity contribution in [3.8, 4) is 11.1 Å². The molecular formula is C25H21P. The second-order valence-electron chi connectivity index (χ2n) is 5.53. The third-order valence-corrected chi connectivity index (χ3v) is 5.64. The Bertz CT molecular complexity index is 1880. The molecule has 126 valence electrons. The van der Waals surface area contributed by atoms with E-state index in [0.29, 0.717) is 0 Å². The van der Waals surface area contributed by atoms with E-state index in [1.807, 2.05) is 0 Å². The molecule has 1 aliphatic heterocycles. The Kier molecular flexibility index (Phi) is 1.42. The molecule has 26 heavy (non-hydrogen) atoms. The lowest BCUT2D eigenvalue weighted by Crippen LogP contribution is -2.12. The van der Waals surface area contributed by atoms with Crippen LogP contribution in [-0.2, 0) is 12.2 Å². The Balaban J connectivity index is 2.09. The van der Waals surface area contributed by atoms with Gasteiger partial charge in [0.25, 0.3) is 0 Å². The van der Waals surface area contributed by atoms with Gasteiger partial charge in [-0.3, -0.25) is 0 Å². The first-order chi connectivity index (χ1) is 20.1. The van der Waals surface area contributed by atoms with Crippen molar-refractivity contribution < 1.29 is 24.7 Å². The fourth-order valence-corrected chi connectivity index (χ4v) is 4.51. The number of benzene rings is 4. The highest BCUT2D eigenvalue weighted by Gasteiger charge is 2.24. The summed E-state index contributed by atoms with van der Waals surface area (Å²) in [6.45, 7) is 1.30. The van der Waals surface area contributed by atoms with Crippen LogP contribution in [0.15, 0.2) is 84.6 Å². The number of hydrogen-bond donors (Lipinski definition) is 0. The second-order valence-corrected chi connectivity index (χ2v) is 7.10. The van der Waals surface area contributed by atoms with Crippen LogP contribution in [-0.4, -0.2) is 0 Å². The molecule has 1 heteroatoms. The molecule has 0 fully saturated rings. The maximum atomic E-state index is 9.36. The summed E-state index contributed by atoms with van der Waals surface area (Å²) >= 11 is 0. The summed E-state index contributed by atoms with van der Waals surface area (Å²) in [7, 11) is -3.29. The Morgan fingerprint density at radius 2 is 1.62 bits per heavy atom. The molecule has 1 unspecified atom stereocenters. The zero-order chi connectivity index (χ0) is 33.3. The average molecular weight is 371 g/mol. The van der Waals surface area contributed by atoms with E-state index in [4.69, 9.17) is 19.2 Å². The van der Waals surface area contributed by atoms with Gasteiger partial charge in [0.15, 0.2) is 0 Å². The number of hydrogen-bond acceptors (Lipinski definition) is 0. The van der Waals surface area contributed by atoms with Crippen molar-refractivity contribution in [2.75, 3.05) is 0 Å². The molecule has 0 radical (unpaired) electrons. The summed E-state index contributed by atoms with van der Waals surface area (Å²) in [5.41, 5.74) is -2.52. The van der Waals surface area contributed by atoms with E-state index in [9.17, 15) is 5.48 Å². The normalized spacial score (nSPS) is 29.7. The van der Waals surface area contributed by atoms with Gasteiger partial charge in [-0.2, -0.15) is 0 Å². The first kappa shape index (κ1) is 5.78. The quantitative estimate of drug-likeness (QED) is 0.347. The van der Waals surface area contributed by atoms with Crippen LogP contribution in [0, 0.1) is 6.92 Å². The summed E-state index contributed by atoms with van der Waals surface area (Å²) in [6, 6.07) is -11.2. The van der Waals surface area contributed by atoms with Crippen LogP contribution >= 0.6 is 7.92 Å². The molecule has 0 amide bonds. The molecule has 5 rings (SSSR count). The van der Waals surface area contributed by atoms with Crippen molar-refractivity contribution in [2.45, 2.75) is 19.2 Å². The van der Waals surface area contributed by atoms with Gasteiger partial charge in [-0.25, -0.2) is 0 Å². The molecule has 0 nitrogen and oxygen atoms in total. The smallest absolute Gasteiger partial charge is 0.0630 e. The Morgan fingerprint density at radius 3 is 2.50 bits per heavy atom. The van der Waals surface area contributed by atoms with Crippen LogP contribution in [0.3, 0.4) is 0 Å². The molecule has 1 aliphatic rings. The summed E-state index contributed by atoms with van der Waals surface area (Å²) in [5.74, 6) is 0. The lowest BCUT2D eigenvalue weighted by atomic mass is 9.97. The SMILES string of the molecule is [2H]c1c([2H])c([2H])c(-c2c([2H])c([2H])c([2H])c([2H])c2P2C([2H])([2H])c3c([2H])c([2H])c([2H])c4c([2H])c([2H])c(C)c(c34)C2([2H])[2H])c([2H])c1[2H]. The van der Waals surface area contributed by atoms with Crippen molar-refractivity contribution >= 4 is 24.0 Å². The fourth-order valence-electron chi connectivity index (χ4n) is 2.77. The summed E-state index contributed by atoms with van der Waals surface area (Å²) in [5, 5.41) is -1.46. The first-order valence-electron chi connectivity index (χ1n) is 16.7. The van der Waals surface area contributed by atoms with Gasteiger partial charge in [-0.15, -0.1) is 0 Å². The molecular weight excluding hydrogens is 331 g/mol. The minimum Gasteiger partial charge on any atom is -0.0656 e. The molecule has 0 spiro atoms. The lowest BCUT2D eigenvalue weighted by Gasteiger charge is -2.29. The van der Waals surface area contributed by atoms with Crippen molar-refractivity contribution in [1.82, 2.24) is 0 Å². The molecule has 0 N–H and O–H groups in total. The van der Waals surface area contributed by atoms with E-state index in [1.54, 1.807) is 0 Å². The first-order valence-corrected chi connectivity index (χ1v) is 9.01. The maximum Gasteiger partial charge on any atom is 0.0630 e. The van der Waals surface area contributed by atoms with Crippen molar-refractivity contribution in [1.29, 1.82) is 0 Å². The van der Waals surface area contributed by atoms with Crippen LogP contribution in [0.1, 0.15) is 41.4 Å². The zero-order valence-corrected chi connectivity index (χ0v) is 14.3. The molecule has 0 bridgehead atoms. The van der Waals surface area contributed by atoms with Crippen molar-refractivity contribution in [2.24, 2.45) is 0 Å². The summed E-state index contributed by atoms with van der Waals surface area (Å²) < 4.78 is 155. The van der Waals surface area contributed by atoms with E-state index in [0.717, 1.165) is 0 Å². The van der Waals surface area contributed by atoms with E-state index in [1.165, 1.54) is 6.92 Å². The zero-order valence-electron chi connectivity index (χ0n) is 31.4. The third kappa shape index (κ3) is 2.57. The highest BCUT2D eigenvalue weighted by molar-refractivity contribution is 7.64. The molecule has 0 aliphatic carbocycles. The average Bonchev–Trinajstić information content (AvgIpc) is 2.94. The molecule has 4 aromatic rings. The van der Waals surface area contributed by atoms with Gasteiger partial charge in [-0.05, 0) is 63.0 Å². The highest BCUT2D eigenvalue weighted by Crippen LogP contribution is 2.51. The van der Waals surface area contributed by atoms with E-state index in [2.05, 4.69) is 0 Å². The standard InChI is InChI=1S/C25H21P/c1-18-14-15-20-10-7-11-21-16-26(17-23(18)25(20)21)24-13-6-5-12-22(24)19-8-3-2-4-9-19/h2-15H,16-17H2,1H3/i2D,3D,4D,5D,6D,7D,8D,9D,10D,11D,12D,13D,14D,15D,16D2,17D2. The van der Waals surface area contributed by atoms with Gasteiger partial charge in [0, 0.05) is 5.48 Å². The van der Waals surface area contributed by atoms with Crippen LogP contribution in [0.4, 0.5) is 0 Å². The van der Waals surface area contributed by atoms with E-state index >= 15 is 0 Å². The Labute approximate surface area is 181 Å². The molecule has 0 saturated carbocycles. The third-order valence-electron chi connectivity index (χ3n) is 3.96. The topological polar surface area (TPSA) is 0 Å². The molecule has 1 atom stereocenters. The maximum absolute atomic E-state index is 9.36. The Hall–Kier alpha value is -2.43. The van der Waals surface area contributed by atoms with Crippen LogP contribution < -0.4 is 5.30 Å². The van der Waals surface area contributed by atoms with Gasteiger partial charge >= 0.3 is 0 Å². The number of rotatable bonds is 2. The minimum atomic E-state index is -3.29. The van der Waals surface area contributed by atoms with Crippen molar-refractivity contribution in [3.63, 3.8) is 0 Å². The van der Waals surface area contributed by atoms with Gasteiger partial charge in [0.1, 0.15) is 0 Å². The predicted molar refractivity (Wildman–Crippen MR) is 115 cm³/mol. The molecule has 4 aromatic carbocycles. The lowest BCUT2D eigenvalue weighted by molar-refractivity contribution is 1.26. The van der Waals surface area contributed by atoms with E-state index < -0.39 is 132 Å². The van der Waals surface area contributed by atoms with Crippen LogP contribution in [0.5, 0.6) is 0 Å². The largest absolute Gasteiger partial charge is 0.0656 e. The summed E-state index contributed by atoms with van der Waals surface area (Å²) in [6.07, 6.45) is -5.96. The Morgan fingerprint density at radius 1 is 0.808 bits per heavy atom. The second kappa shape index (κ2) is 6.38.